The van der Waals surface area contributed by atoms with Crippen LogP contribution in [0.1, 0.15) is 34.8 Å². The van der Waals surface area contributed by atoms with E-state index in [2.05, 4.69) is 4.72 Å². The summed E-state index contributed by atoms with van der Waals surface area (Å²) in [6, 6.07) is 11.7. The average molecular weight is 317 g/mol. The zero-order valence-electron chi connectivity index (χ0n) is 12.9. The van der Waals surface area contributed by atoms with Gasteiger partial charge in [0.05, 0.1) is 10.6 Å². The number of rotatable bonds is 5. The third-order valence-electron chi connectivity index (χ3n) is 3.37. The van der Waals surface area contributed by atoms with E-state index in [0.717, 1.165) is 11.1 Å². The molecule has 0 aliphatic carbocycles. The standard InChI is InChI=1S/C17H19NO3S/c1-4-17(19)15-11-13(3)7-10-16(15)18-22(20,21)14-8-5-12(2)6-9-14/h5-11,18H,4H2,1-3H3. The normalized spacial score (nSPS) is 11.2. The molecule has 0 heterocycles. The van der Waals surface area contributed by atoms with Crippen molar-refractivity contribution in [1.82, 2.24) is 0 Å². The number of benzene rings is 2. The highest BCUT2D eigenvalue weighted by atomic mass is 32.2. The van der Waals surface area contributed by atoms with Crippen LogP contribution in [0.25, 0.3) is 0 Å². The van der Waals surface area contributed by atoms with Gasteiger partial charge in [-0.05, 0) is 38.1 Å². The van der Waals surface area contributed by atoms with Crippen LogP contribution in [0.3, 0.4) is 0 Å². The Morgan fingerprint density at radius 2 is 1.59 bits per heavy atom. The lowest BCUT2D eigenvalue weighted by atomic mass is 10.0. The Labute approximate surface area is 131 Å². The maximum atomic E-state index is 12.4. The van der Waals surface area contributed by atoms with Crippen LogP contribution in [-0.2, 0) is 10.0 Å². The summed E-state index contributed by atoms with van der Waals surface area (Å²) in [6.07, 6.45) is 0.322. The first-order valence-corrected chi connectivity index (χ1v) is 8.55. The second kappa shape index (κ2) is 6.32. The van der Waals surface area contributed by atoms with E-state index in [0.29, 0.717) is 17.7 Å². The molecule has 2 aromatic rings. The minimum Gasteiger partial charge on any atom is -0.294 e. The largest absolute Gasteiger partial charge is 0.294 e. The summed E-state index contributed by atoms with van der Waals surface area (Å²) in [5.41, 5.74) is 2.61. The highest BCUT2D eigenvalue weighted by molar-refractivity contribution is 7.92. The van der Waals surface area contributed by atoms with Gasteiger partial charge in [-0.15, -0.1) is 0 Å². The summed E-state index contributed by atoms with van der Waals surface area (Å²) in [4.78, 5) is 12.2. The van der Waals surface area contributed by atoms with Gasteiger partial charge in [0.2, 0.25) is 0 Å². The van der Waals surface area contributed by atoms with E-state index < -0.39 is 10.0 Å². The third kappa shape index (κ3) is 3.54. The van der Waals surface area contributed by atoms with Crippen LogP contribution < -0.4 is 4.72 Å². The van der Waals surface area contributed by atoms with E-state index in [1.807, 2.05) is 13.8 Å². The van der Waals surface area contributed by atoms with Gasteiger partial charge in [-0.25, -0.2) is 8.42 Å². The molecule has 2 aromatic carbocycles. The van der Waals surface area contributed by atoms with Crippen LogP contribution in [0.2, 0.25) is 0 Å². The van der Waals surface area contributed by atoms with Crippen LogP contribution in [0.5, 0.6) is 0 Å². The van der Waals surface area contributed by atoms with E-state index in [1.165, 1.54) is 0 Å². The summed E-state index contributed by atoms with van der Waals surface area (Å²) in [5, 5.41) is 0. The summed E-state index contributed by atoms with van der Waals surface area (Å²) in [7, 11) is -3.71. The fourth-order valence-electron chi connectivity index (χ4n) is 2.09. The number of hydrogen-bond acceptors (Lipinski definition) is 3. The molecule has 5 heteroatoms. The maximum absolute atomic E-state index is 12.4. The highest BCUT2D eigenvalue weighted by Gasteiger charge is 2.18. The monoisotopic (exact) mass is 317 g/mol. The first-order valence-electron chi connectivity index (χ1n) is 7.07. The van der Waals surface area contributed by atoms with Crippen LogP contribution in [0.4, 0.5) is 5.69 Å². The Balaban J connectivity index is 2.41. The molecule has 116 valence electrons. The lowest BCUT2D eigenvalue weighted by Gasteiger charge is -2.12. The quantitative estimate of drug-likeness (QED) is 0.855. The van der Waals surface area contributed by atoms with Gasteiger partial charge in [-0.2, -0.15) is 0 Å². The summed E-state index contributed by atoms with van der Waals surface area (Å²) < 4.78 is 27.4. The first kappa shape index (κ1) is 16.2. The van der Waals surface area contributed by atoms with Crippen molar-refractivity contribution in [3.63, 3.8) is 0 Å². The Bertz CT molecular complexity index is 793. The van der Waals surface area contributed by atoms with E-state index in [1.54, 1.807) is 49.4 Å². The molecule has 0 unspecified atom stereocenters. The summed E-state index contributed by atoms with van der Waals surface area (Å²) >= 11 is 0. The maximum Gasteiger partial charge on any atom is 0.261 e. The molecule has 0 amide bonds. The third-order valence-corrected chi connectivity index (χ3v) is 4.75. The number of aryl methyl sites for hydroxylation is 2. The molecule has 0 saturated carbocycles. The molecule has 0 aromatic heterocycles. The predicted molar refractivity (Wildman–Crippen MR) is 87.8 cm³/mol. The van der Waals surface area contributed by atoms with Crippen molar-refractivity contribution < 1.29 is 13.2 Å². The molecule has 22 heavy (non-hydrogen) atoms. The molecule has 0 spiro atoms. The molecule has 1 N–H and O–H groups in total. The van der Waals surface area contributed by atoms with Crippen molar-refractivity contribution in [3.05, 3.63) is 59.2 Å². The van der Waals surface area contributed by atoms with Crippen LogP contribution in [0.15, 0.2) is 47.4 Å². The van der Waals surface area contributed by atoms with Gasteiger partial charge in [0.15, 0.2) is 5.78 Å². The summed E-state index contributed by atoms with van der Waals surface area (Å²) in [6.45, 7) is 5.51. The average Bonchev–Trinajstić information content (AvgIpc) is 2.48. The Morgan fingerprint density at radius 1 is 1.00 bits per heavy atom. The second-order valence-corrected chi connectivity index (χ2v) is 6.93. The smallest absolute Gasteiger partial charge is 0.261 e. The molecule has 0 aliphatic rings. The molecule has 0 atom stereocenters. The fraction of sp³-hybridized carbons (Fsp3) is 0.235. The van der Waals surface area contributed by atoms with Gasteiger partial charge in [-0.3, -0.25) is 9.52 Å². The molecular formula is C17H19NO3S. The lowest BCUT2D eigenvalue weighted by Crippen LogP contribution is -2.15. The van der Waals surface area contributed by atoms with Crippen molar-refractivity contribution in [1.29, 1.82) is 0 Å². The minimum absolute atomic E-state index is 0.0923. The number of hydrogen-bond donors (Lipinski definition) is 1. The van der Waals surface area contributed by atoms with Gasteiger partial charge in [0.1, 0.15) is 0 Å². The number of carbonyl (C=O) groups is 1. The molecule has 0 saturated heterocycles. The van der Waals surface area contributed by atoms with Crippen molar-refractivity contribution in [2.75, 3.05) is 4.72 Å². The van der Waals surface area contributed by atoms with Crippen LogP contribution in [-0.4, -0.2) is 14.2 Å². The van der Waals surface area contributed by atoms with Crippen molar-refractivity contribution >= 4 is 21.5 Å². The SMILES string of the molecule is CCC(=O)c1cc(C)ccc1NS(=O)(=O)c1ccc(C)cc1. The molecule has 4 nitrogen and oxygen atoms in total. The zero-order chi connectivity index (χ0) is 16.3. The van der Waals surface area contributed by atoms with Gasteiger partial charge in [-0.1, -0.05) is 36.2 Å². The zero-order valence-corrected chi connectivity index (χ0v) is 13.7. The molecule has 0 aliphatic heterocycles. The van der Waals surface area contributed by atoms with Gasteiger partial charge in [0.25, 0.3) is 10.0 Å². The van der Waals surface area contributed by atoms with E-state index in [-0.39, 0.29) is 10.7 Å². The van der Waals surface area contributed by atoms with E-state index in [4.69, 9.17) is 0 Å². The van der Waals surface area contributed by atoms with E-state index in [9.17, 15) is 13.2 Å². The molecule has 0 fully saturated rings. The van der Waals surface area contributed by atoms with Gasteiger partial charge < -0.3 is 0 Å². The van der Waals surface area contributed by atoms with Gasteiger partial charge in [0, 0.05) is 12.0 Å². The Kier molecular flexibility index (Phi) is 4.66. The molecular weight excluding hydrogens is 298 g/mol. The number of Topliss-reactive ketones (excluding diaryl/α,β-unsaturated/α-hetero) is 1. The van der Waals surface area contributed by atoms with E-state index >= 15 is 0 Å². The fourth-order valence-corrected chi connectivity index (χ4v) is 3.17. The highest BCUT2D eigenvalue weighted by Crippen LogP contribution is 2.23. The topological polar surface area (TPSA) is 63.2 Å². The number of nitrogens with one attached hydrogen (secondary N) is 1. The first-order chi connectivity index (χ1) is 10.3. The molecule has 0 bridgehead atoms. The summed E-state index contributed by atoms with van der Waals surface area (Å²) in [5.74, 6) is -0.0923. The van der Waals surface area contributed by atoms with Crippen molar-refractivity contribution in [2.24, 2.45) is 0 Å². The Hall–Kier alpha value is -2.14. The number of anilines is 1. The van der Waals surface area contributed by atoms with Gasteiger partial charge >= 0.3 is 0 Å². The minimum atomic E-state index is -3.71. The number of sulfonamides is 1. The van der Waals surface area contributed by atoms with Crippen LogP contribution in [0, 0.1) is 13.8 Å². The Morgan fingerprint density at radius 3 is 2.18 bits per heavy atom. The predicted octanol–water partition coefficient (Wildman–Crippen LogP) is 3.70. The number of carbonyl (C=O) groups excluding carboxylic acids is 1. The molecule has 0 radical (unpaired) electrons. The second-order valence-electron chi connectivity index (χ2n) is 5.24. The van der Waals surface area contributed by atoms with Crippen molar-refractivity contribution in [3.8, 4) is 0 Å². The van der Waals surface area contributed by atoms with Crippen LogP contribution >= 0.6 is 0 Å². The number of ketones is 1. The van der Waals surface area contributed by atoms with Crippen molar-refractivity contribution in [2.45, 2.75) is 32.1 Å². The molecule has 2 rings (SSSR count). The lowest BCUT2D eigenvalue weighted by molar-refractivity contribution is 0.0989.